The molecular weight excluding hydrogens is 567 g/mol. The van der Waals surface area contributed by atoms with Gasteiger partial charge in [-0.1, -0.05) is 162 Å². The lowest BCUT2D eigenvalue weighted by molar-refractivity contribution is 0.0509. The van der Waals surface area contributed by atoms with Crippen LogP contribution in [0.15, 0.2) is 164 Å². The number of benzene rings is 6. The lowest BCUT2D eigenvalue weighted by Crippen LogP contribution is -2.51. The van der Waals surface area contributed by atoms with Crippen molar-refractivity contribution in [2.24, 2.45) is 0 Å². The van der Waals surface area contributed by atoms with E-state index in [0.29, 0.717) is 23.1 Å². The molecule has 222 valence electrons. The summed E-state index contributed by atoms with van der Waals surface area (Å²) in [5, 5.41) is 0. The zero-order valence-electron chi connectivity index (χ0n) is 25.2. The van der Waals surface area contributed by atoms with Crippen molar-refractivity contribution in [2.75, 3.05) is 6.61 Å². The second-order valence-corrected chi connectivity index (χ2v) is 11.0. The highest BCUT2D eigenvalue weighted by Crippen LogP contribution is 2.28. The lowest BCUT2D eigenvalue weighted by Gasteiger charge is -2.17. The topological polar surface area (TPSA) is 60.4 Å². The number of ether oxygens (including phenoxy) is 1. The molecule has 1 aliphatic carbocycles. The molecule has 5 heteroatoms. The van der Waals surface area contributed by atoms with Crippen LogP contribution in [-0.2, 0) is 11.2 Å². The van der Waals surface area contributed by atoms with E-state index in [4.69, 9.17) is 4.74 Å². The Labute approximate surface area is 269 Å². The van der Waals surface area contributed by atoms with Crippen molar-refractivity contribution in [1.82, 2.24) is 0 Å². The summed E-state index contributed by atoms with van der Waals surface area (Å²) in [5.74, 6) is -0.994. The first kappa shape index (κ1) is 30.2. The first-order valence-electron chi connectivity index (χ1n) is 15.3. The molecule has 0 amide bonds. The van der Waals surface area contributed by atoms with E-state index in [2.05, 4.69) is 72.8 Å². The van der Waals surface area contributed by atoms with Gasteiger partial charge in [-0.15, -0.1) is 0 Å². The minimum absolute atomic E-state index is 0.125. The standard InChI is InChI=1S/C35H25BO4.C6H6/c37-33-29-13-7-8-14-30(29)34(38)32-23-25(17-20-31(32)33)35(39)40-22-21-24-15-18-28(19-16-24)36(26-9-3-1-4-10-26)27-11-5-2-6-12-27;1-2-4-6-5-3-1/h1-20,23H,21-22H2;1-6H. The number of carbonyl (C=O) groups excluding carboxylic acids is 3. The summed E-state index contributed by atoms with van der Waals surface area (Å²) in [6.45, 7) is 0.325. The minimum Gasteiger partial charge on any atom is -0.462 e. The highest BCUT2D eigenvalue weighted by Gasteiger charge is 2.30. The van der Waals surface area contributed by atoms with Crippen molar-refractivity contribution in [1.29, 1.82) is 0 Å². The monoisotopic (exact) mass is 598 g/mol. The van der Waals surface area contributed by atoms with Gasteiger partial charge >= 0.3 is 5.97 Å². The predicted octanol–water partition coefficient (Wildman–Crippen LogP) is 6.06. The first-order chi connectivity index (χ1) is 22.6. The van der Waals surface area contributed by atoms with Crippen LogP contribution in [0.25, 0.3) is 0 Å². The fourth-order valence-electron chi connectivity index (χ4n) is 5.70. The maximum Gasteiger partial charge on any atom is 0.338 e. The first-order valence-corrected chi connectivity index (χ1v) is 15.3. The Morgan fingerprint density at radius 3 is 1.46 bits per heavy atom. The molecule has 0 aromatic heterocycles. The molecule has 6 aromatic rings. The van der Waals surface area contributed by atoms with Crippen molar-refractivity contribution in [3.8, 4) is 0 Å². The zero-order valence-corrected chi connectivity index (χ0v) is 25.2. The van der Waals surface area contributed by atoms with Crippen LogP contribution in [0.5, 0.6) is 0 Å². The van der Waals surface area contributed by atoms with Crippen molar-refractivity contribution in [3.05, 3.63) is 197 Å². The number of rotatable bonds is 7. The molecule has 0 bridgehead atoms. The Morgan fingerprint density at radius 1 is 0.478 bits per heavy atom. The van der Waals surface area contributed by atoms with Crippen LogP contribution in [0.1, 0.15) is 47.8 Å². The van der Waals surface area contributed by atoms with Gasteiger partial charge in [-0.25, -0.2) is 4.79 Å². The summed E-state index contributed by atoms with van der Waals surface area (Å²) < 4.78 is 5.54. The van der Waals surface area contributed by atoms with Crippen molar-refractivity contribution >= 4 is 40.6 Å². The van der Waals surface area contributed by atoms with E-state index in [9.17, 15) is 14.4 Å². The van der Waals surface area contributed by atoms with Gasteiger partial charge in [-0.05, 0) is 23.8 Å². The lowest BCUT2D eigenvalue weighted by atomic mass is 9.37. The fraction of sp³-hybridized carbons (Fsp3) is 0.0488. The molecule has 4 nitrogen and oxygen atoms in total. The van der Waals surface area contributed by atoms with Gasteiger partial charge in [0.2, 0.25) is 6.71 Å². The largest absolute Gasteiger partial charge is 0.462 e. The Morgan fingerprint density at radius 2 is 0.913 bits per heavy atom. The van der Waals surface area contributed by atoms with E-state index in [1.807, 2.05) is 48.5 Å². The van der Waals surface area contributed by atoms with E-state index in [1.165, 1.54) is 28.5 Å². The second kappa shape index (κ2) is 14.3. The molecular formula is C41H31BO4. The molecule has 0 fully saturated rings. The van der Waals surface area contributed by atoms with Crippen molar-refractivity contribution < 1.29 is 19.1 Å². The molecule has 7 rings (SSSR count). The molecule has 46 heavy (non-hydrogen) atoms. The number of fused-ring (bicyclic) bond motifs is 2. The number of hydrogen-bond acceptors (Lipinski definition) is 4. The third-order valence-corrected chi connectivity index (χ3v) is 8.03. The minimum atomic E-state index is -0.522. The third-order valence-electron chi connectivity index (χ3n) is 8.03. The molecule has 0 atom stereocenters. The summed E-state index contributed by atoms with van der Waals surface area (Å²) in [6.07, 6.45) is 0.559. The molecule has 0 spiro atoms. The van der Waals surface area contributed by atoms with Crippen LogP contribution >= 0.6 is 0 Å². The van der Waals surface area contributed by atoms with Gasteiger partial charge in [-0.2, -0.15) is 0 Å². The molecule has 6 aromatic carbocycles. The fourth-order valence-corrected chi connectivity index (χ4v) is 5.70. The van der Waals surface area contributed by atoms with Gasteiger partial charge in [0.1, 0.15) is 0 Å². The summed E-state index contributed by atoms with van der Waals surface area (Å²) in [6, 6.07) is 52.6. The molecule has 0 saturated carbocycles. The molecule has 0 heterocycles. The maximum absolute atomic E-state index is 13.0. The second-order valence-electron chi connectivity index (χ2n) is 11.0. The van der Waals surface area contributed by atoms with Crippen LogP contribution in [-0.4, -0.2) is 30.9 Å². The Hall–Kier alpha value is -5.81. The van der Waals surface area contributed by atoms with Crippen molar-refractivity contribution in [2.45, 2.75) is 6.42 Å². The van der Waals surface area contributed by atoms with Gasteiger partial charge in [0, 0.05) is 28.7 Å². The number of carbonyl (C=O) groups is 3. The maximum atomic E-state index is 13.0. The average molecular weight is 599 g/mol. The van der Waals surface area contributed by atoms with E-state index < -0.39 is 5.97 Å². The quantitative estimate of drug-likeness (QED) is 0.165. The number of esters is 1. The predicted molar refractivity (Wildman–Crippen MR) is 184 cm³/mol. The van der Waals surface area contributed by atoms with E-state index >= 15 is 0 Å². The Balaban J connectivity index is 0.000000557. The van der Waals surface area contributed by atoms with Gasteiger partial charge in [0.25, 0.3) is 0 Å². The molecule has 0 aliphatic heterocycles. The van der Waals surface area contributed by atoms with Crippen LogP contribution in [0.3, 0.4) is 0 Å². The van der Waals surface area contributed by atoms with Crippen molar-refractivity contribution in [3.63, 3.8) is 0 Å². The summed E-state index contributed by atoms with van der Waals surface area (Å²) >= 11 is 0. The summed E-state index contributed by atoms with van der Waals surface area (Å²) in [7, 11) is 0. The zero-order chi connectivity index (χ0) is 31.7. The molecule has 0 radical (unpaired) electrons. The molecule has 1 aliphatic rings. The number of hydrogen-bond donors (Lipinski definition) is 0. The SMILES string of the molecule is O=C(OCCc1ccc(B(c2ccccc2)c2ccccc2)cc1)c1ccc2c(c1)C(=O)c1ccccc1C2=O.c1ccccc1. The molecule has 0 saturated heterocycles. The molecule has 0 unspecified atom stereocenters. The average Bonchev–Trinajstić information content (AvgIpc) is 3.13. The normalized spacial score (nSPS) is 11.4. The Kier molecular flexibility index (Phi) is 9.41. The van der Waals surface area contributed by atoms with Gasteiger partial charge in [0.15, 0.2) is 11.6 Å². The van der Waals surface area contributed by atoms with Crippen LogP contribution < -0.4 is 16.4 Å². The van der Waals surface area contributed by atoms with Gasteiger partial charge in [0.05, 0.1) is 12.2 Å². The number of ketones is 2. The summed E-state index contributed by atoms with van der Waals surface area (Å²) in [4.78, 5) is 38.6. The van der Waals surface area contributed by atoms with E-state index in [0.717, 1.165) is 5.56 Å². The third kappa shape index (κ3) is 6.79. The van der Waals surface area contributed by atoms with E-state index in [-0.39, 0.29) is 36.0 Å². The van der Waals surface area contributed by atoms with Crippen LogP contribution in [0, 0.1) is 0 Å². The van der Waals surface area contributed by atoms with Gasteiger partial charge in [-0.3, -0.25) is 9.59 Å². The summed E-state index contributed by atoms with van der Waals surface area (Å²) in [5.41, 5.74) is 6.24. The Bertz CT molecular complexity index is 1890. The highest BCUT2D eigenvalue weighted by atomic mass is 16.5. The smallest absolute Gasteiger partial charge is 0.338 e. The highest BCUT2D eigenvalue weighted by molar-refractivity contribution is 6.95. The molecule has 0 N–H and O–H groups in total. The van der Waals surface area contributed by atoms with E-state index in [1.54, 1.807) is 30.3 Å². The van der Waals surface area contributed by atoms with Gasteiger partial charge < -0.3 is 4.74 Å². The van der Waals surface area contributed by atoms with Crippen LogP contribution in [0.4, 0.5) is 0 Å². The van der Waals surface area contributed by atoms with Crippen LogP contribution in [0.2, 0.25) is 0 Å².